The van der Waals surface area contributed by atoms with Gasteiger partial charge in [-0.05, 0) is 25.0 Å². The van der Waals surface area contributed by atoms with E-state index in [9.17, 15) is 8.42 Å². The van der Waals surface area contributed by atoms with Crippen molar-refractivity contribution in [3.05, 3.63) is 42.0 Å². The molecule has 0 aromatic heterocycles. The highest BCUT2D eigenvalue weighted by Crippen LogP contribution is 2.15. The number of hydrogen-bond donors (Lipinski definition) is 1. The monoisotopic (exact) mass is 256 g/mol. The molecule has 4 nitrogen and oxygen atoms in total. The second-order valence-electron chi connectivity index (χ2n) is 3.84. The van der Waals surface area contributed by atoms with Gasteiger partial charge in [0.25, 0.3) is 10.1 Å². The van der Waals surface area contributed by atoms with Gasteiger partial charge in [-0.1, -0.05) is 30.4 Å². The van der Waals surface area contributed by atoms with E-state index in [1.807, 2.05) is 6.92 Å². The summed E-state index contributed by atoms with van der Waals surface area (Å²) in [4.78, 5) is -0.0566. The van der Waals surface area contributed by atoms with Gasteiger partial charge in [-0.2, -0.15) is 8.42 Å². The van der Waals surface area contributed by atoms with Crippen LogP contribution in [0.25, 0.3) is 0 Å². The van der Waals surface area contributed by atoms with Gasteiger partial charge in [-0.15, -0.1) is 0 Å². The van der Waals surface area contributed by atoms with Crippen LogP contribution in [0.3, 0.4) is 0 Å². The summed E-state index contributed by atoms with van der Waals surface area (Å²) in [6, 6.07) is 6.33. The van der Waals surface area contributed by atoms with Gasteiger partial charge in [0, 0.05) is 0 Å². The smallest absolute Gasteiger partial charge is 0.294 e. The van der Waals surface area contributed by atoms with Crippen LogP contribution in [-0.4, -0.2) is 26.2 Å². The fourth-order valence-electron chi connectivity index (χ4n) is 1.39. The fourth-order valence-corrected chi connectivity index (χ4v) is 2.14. The zero-order valence-electron chi connectivity index (χ0n) is 9.72. The predicted molar refractivity (Wildman–Crippen MR) is 65.6 cm³/mol. The first-order chi connectivity index (χ1) is 7.91. The van der Waals surface area contributed by atoms with Crippen molar-refractivity contribution >= 4 is 10.1 Å². The van der Waals surface area contributed by atoms with Crippen molar-refractivity contribution in [3.8, 4) is 0 Å². The van der Waals surface area contributed by atoms with Crippen molar-refractivity contribution in [2.45, 2.75) is 18.2 Å². The Kier molecular flexibility index (Phi) is 4.86. The molecule has 0 heterocycles. The van der Waals surface area contributed by atoms with E-state index in [-0.39, 0.29) is 4.90 Å². The summed E-state index contributed by atoms with van der Waals surface area (Å²) in [6.45, 7) is 6.39. The molecule has 1 rings (SSSR count). The molecule has 0 aliphatic rings. The van der Waals surface area contributed by atoms with Crippen LogP contribution in [0.5, 0.6) is 0 Å². The van der Waals surface area contributed by atoms with Crippen molar-refractivity contribution in [3.63, 3.8) is 0 Å². The Balaban J connectivity index is 2.68. The van der Waals surface area contributed by atoms with Crippen LogP contribution in [0.4, 0.5) is 0 Å². The molecule has 0 aliphatic heterocycles. The molecule has 17 heavy (non-hydrogen) atoms. The van der Waals surface area contributed by atoms with Crippen molar-refractivity contribution in [1.82, 2.24) is 0 Å². The van der Waals surface area contributed by atoms with Crippen LogP contribution in [0, 0.1) is 0 Å². The third-order valence-corrected chi connectivity index (χ3v) is 3.07. The lowest BCUT2D eigenvalue weighted by atomic mass is 10.2. The first-order valence-corrected chi connectivity index (χ1v) is 6.63. The molecule has 0 unspecified atom stereocenters. The molecular formula is C12H16O4S. The molecule has 0 bridgehead atoms. The van der Waals surface area contributed by atoms with E-state index in [1.54, 1.807) is 18.2 Å². The second-order valence-corrected chi connectivity index (χ2v) is 5.23. The van der Waals surface area contributed by atoms with Crippen molar-refractivity contribution in [1.29, 1.82) is 0 Å². The van der Waals surface area contributed by atoms with Gasteiger partial charge in [-0.25, -0.2) is 0 Å². The highest BCUT2D eigenvalue weighted by atomic mass is 32.2. The van der Waals surface area contributed by atoms with Crippen LogP contribution in [0.15, 0.2) is 41.3 Å². The van der Waals surface area contributed by atoms with Gasteiger partial charge in [-0.3, -0.25) is 4.55 Å². The Morgan fingerprint density at radius 2 is 2.06 bits per heavy atom. The van der Waals surface area contributed by atoms with Gasteiger partial charge in [0.05, 0.1) is 18.1 Å². The molecule has 0 amide bonds. The van der Waals surface area contributed by atoms with Crippen LogP contribution < -0.4 is 0 Å². The highest BCUT2D eigenvalue weighted by molar-refractivity contribution is 7.85. The maximum Gasteiger partial charge on any atom is 0.294 e. The van der Waals surface area contributed by atoms with Gasteiger partial charge >= 0.3 is 0 Å². The van der Waals surface area contributed by atoms with Gasteiger partial charge in [0.2, 0.25) is 0 Å². The molecule has 5 heteroatoms. The van der Waals surface area contributed by atoms with Crippen LogP contribution >= 0.6 is 0 Å². The minimum absolute atomic E-state index is 0.0566. The normalized spacial score (nSPS) is 11.4. The van der Waals surface area contributed by atoms with E-state index in [0.29, 0.717) is 25.2 Å². The first kappa shape index (κ1) is 13.9. The summed E-state index contributed by atoms with van der Waals surface area (Å²) in [5.41, 5.74) is 1.46. The molecule has 0 saturated carbocycles. The van der Waals surface area contributed by atoms with Gasteiger partial charge in [0.1, 0.15) is 0 Å². The highest BCUT2D eigenvalue weighted by Gasteiger charge is 2.13. The minimum atomic E-state index is -4.16. The Morgan fingerprint density at radius 1 is 1.41 bits per heavy atom. The van der Waals surface area contributed by atoms with Crippen molar-refractivity contribution in [2.75, 3.05) is 13.2 Å². The molecule has 0 spiro atoms. The van der Waals surface area contributed by atoms with E-state index in [1.165, 1.54) is 6.07 Å². The maximum absolute atomic E-state index is 11.1. The Labute approximate surface area is 102 Å². The van der Waals surface area contributed by atoms with Gasteiger partial charge < -0.3 is 4.74 Å². The van der Waals surface area contributed by atoms with E-state index in [0.717, 1.165) is 5.57 Å². The summed E-state index contributed by atoms with van der Waals surface area (Å²) in [7, 11) is -4.16. The van der Waals surface area contributed by atoms with E-state index in [2.05, 4.69) is 6.58 Å². The largest absolute Gasteiger partial charge is 0.377 e. The Morgan fingerprint density at radius 3 is 2.65 bits per heavy atom. The zero-order valence-corrected chi connectivity index (χ0v) is 10.5. The molecule has 0 fully saturated rings. The number of hydrogen-bond acceptors (Lipinski definition) is 3. The molecule has 1 aromatic rings. The summed E-state index contributed by atoms with van der Waals surface area (Å²) >= 11 is 0. The van der Waals surface area contributed by atoms with Crippen molar-refractivity contribution < 1.29 is 17.7 Å². The van der Waals surface area contributed by atoms with Crippen molar-refractivity contribution in [2.24, 2.45) is 0 Å². The fraction of sp³-hybridized carbons (Fsp3) is 0.333. The lowest BCUT2D eigenvalue weighted by Crippen LogP contribution is -2.06. The molecular weight excluding hydrogens is 240 g/mol. The number of ether oxygens (including phenoxy) is 1. The molecule has 0 radical (unpaired) electrons. The third kappa shape index (κ3) is 4.68. The lowest BCUT2D eigenvalue weighted by molar-refractivity contribution is 0.159. The third-order valence-electron chi connectivity index (χ3n) is 2.11. The summed E-state index contributed by atoms with van der Waals surface area (Å²) in [6.07, 6.45) is 0.434. The van der Waals surface area contributed by atoms with E-state index >= 15 is 0 Å². The van der Waals surface area contributed by atoms with Gasteiger partial charge in [0.15, 0.2) is 0 Å². The second kappa shape index (κ2) is 5.95. The molecule has 0 saturated heterocycles. The summed E-state index contributed by atoms with van der Waals surface area (Å²) in [5, 5.41) is 0. The quantitative estimate of drug-likeness (QED) is 0.481. The standard InChI is InChI=1S/C12H16O4S/c1-10(2)9-16-8-7-11-5-3-4-6-12(11)17(13,14)15/h3-6H,1,7-9H2,2H3,(H,13,14,15). The topological polar surface area (TPSA) is 63.6 Å². The number of rotatable bonds is 6. The SMILES string of the molecule is C=C(C)COCCc1ccccc1S(=O)(=O)O. The van der Waals surface area contributed by atoms with Crippen LogP contribution in [0.1, 0.15) is 12.5 Å². The average Bonchev–Trinajstić information content (AvgIpc) is 2.23. The average molecular weight is 256 g/mol. The van der Waals surface area contributed by atoms with E-state index < -0.39 is 10.1 Å². The minimum Gasteiger partial charge on any atom is -0.377 e. The maximum atomic E-state index is 11.1. The van der Waals surface area contributed by atoms with Crippen LogP contribution in [-0.2, 0) is 21.3 Å². The van der Waals surface area contributed by atoms with E-state index in [4.69, 9.17) is 9.29 Å². The molecule has 94 valence electrons. The number of benzene rings is 1. The molecule has 0 atom stereocenters. The Hall–Kier alpha value is -1.17. The Bertz CT molecular complexity index is 491. The molecule has 1 N–H and O–H groups in total. The summed E-state index contributed by atoms with van der Waals surface area (Å²) < 4.78 is 36.5. The van der Waals surface area contributed by atoms with Crippen LogP contribution in [0.2, 0.25) is 0 Å². The predicted octanol–water partition coefficient (Wildman–Crippen LogP) is 2.07. The molecule has 1 aromatic carbocycles. The zero-order chi connectivity index (χ0) is 12.9. The molecule has 0 aliphatic carbocycles. The summed E-state index contributed by atoms with van der Waals surface area (Å²) in [5.74, 6) is 0. The first-order valence-electron chi connectivity index (χ1n) is 5.19. The lowest BCUT2D eigenvalue weighted by Gasteiger charge is -2.07.